The van der Waals surface area contributed by atoms with Gasteiger partial charge in [-0.05, 0) is 13.0 Å². The number of ether oxygens (including phenoxy) is 1. The zero-order valence-electron chi connectivity index (χ0n) is 9.85. The molecule has 0 aromatic heterocycles. The van der Waals surface area contributed by atoms with Crippen molar-refractivity contribution in [3.8, 4) is 5.75 Å². The first-order valence-corrected chi connectivity index (χ1v) is 7.10. The minimum atomic E-state index is -4.67. The van der Waals surface area contributed by atoms with E-state index in [1.807, 2.05) is 43.3 Å². The summed E-state index contributed by atoms with van der Waals surface area (Å²) in [5.74, 6) is 1.68. The summed E-state index contributed by atoms with van der Waals surface area (Å²) in [5, 5.41) is 0. The van der Waals surface area contributed by atoms with Crippen molar-refractivity contribution in [3.05, 3.63) is 35.9 Å². The number of hydrogen-bond acceptors (Lipinski definition) is 4. The number of benzene rings is 1. The molecule has 0 aliphatic rings. The normalized spacial score (nSPS) is 10.9. The van der Waals surface area contributed by atoms with E-state index in [2.05, 4.69) is 12.6 Å². The summed E-state index contributed by atoms with van der Waals surface area (Å²) in [5.41, 5.74) is 1.11. The van der Waals surface area contributed by atoms with Crippen LogP contribution >= 0.6 is 12.6 Å². The highest BCUT2D eigenvalue weighted by atomic mass is 32.3. The number of rotatable bonds is 4. The summed E-state index contributed by atoms with van der Waals surface area (Å²) in [7, 11) is -4.67. The van der Waals surface area contributed by atoms with Gasteiger partial charge >= 0.3 is 10.4 Å². The Bertz CT molecular complexity index is 460. The highest BCUT2D eigenvalue weighted by Crippen LogP contribution is 2.19. The fourth-order valence-corrected chi connectivity index (χ4v) is 1.19. The summed E-state index contributed by atoms with van der Waals surface area (Å²) >= 11 is 4.11. The molecule has 0 radical (unpaired) electrons. The lowest BCUT2D eigenvalue weighted by Crippen LogP contribution is -1.93. The number of hydrogen-bond donors (Lipinski definition) is 3. The van der Waals surface area contributed by atoms with Crippen molar-refractivity contribution in [2.75, 3.05) is 12.4 Å². The fourth-order valence-electron chi connectivity index (χ4n) is 1.08. The van der Waals surface area contributed by atoms with Crippen LogP contribution in [-0.4, -0.2) is 29.9 Å². The summed E-state index contributed by atoms with van der Waals surface area (Å²) in [6, 6.07) is 7.98. The van der Waals surface area contributed by atoms with Crippen molar-refractivity contribution in [2.24, 2.45) is 0 Å². The van der Waals surface area contributed by atoms with Gasteiger partial charge in [0.2, 0.25) is 0 Å². The van der Waals surface area contributed by atoms with E-state index in [4.69, 9.17) is 22.3 Å². The van der Waals surface area contributed by atoms with E-state index in [0.29, 0.717) is 6.61 Å². The lowest BCUT2D eigenvalue weighted by molar-refractivity contribution is 0.339. The van der Waals surface area contributed by atoms with Gasteiger partial charge in [-0.3, -0.25) is 9.11 Å². The molecule has 1 aromatic carbocycles. The Morgan fingerprint density at radius 3 is 2.39 bits per heavy atom. The van der Waals surface area contributed by atoms with E-state index in [-0.39, 0.29) is 0 Å². The first kappa shape index (κ1) is 17.0. The van der Waals surface area contributed by atoms with Crippen LogP contribution in [0.4, 0.5) is 0 Å². The van der Waals surface area contributed by atoms with Gasteiger partial charge in [0.25, 0.3) is 0 Å². The molecular weight excluding hydrogens is 276 g/mol. The van der Waals surface area contributed by atoms with E-state index in [9.17, 15) is 0 Å². The Kier molecular flexibility index (Phi) is 8.47. The largest absolute Gasteiger partial charge is 0.493 e. The van der Waals surface area contributed by atoms with Gasteiger partial charge in [0.15, 0.2) is 0 Å². The Balaban J connectivity index is 0.000000494. The van der Waals surface area contributed by atoms with Gasteiger partial charge in [0.05, 0.1) is 6.61 Å². The zero-order chi connectivity index (χ0) is 14.0. The summed E-state index contributed by atoms with van der Waals surface area (Å²) < 4.78 is 37.0. The van der Waals surface area contributed by atoms with Crippen LogP contribution in [0.1, 0.15) is 12.5 Å². The molecule has 2 N–H and O–H groups in total. The molecular formula is C11H16O5S2. The molecule has 18 heavy (non-hydrogen) atoms. The van der Waals surface area contributed by atoms with Crippen LogP contribution in [0.2, 0.25) is 0 Å². The number of para-hydroxylation sites is 1. The highest BCUT2D eigenvalue weighted by molar-refractivity contribution is 7.80. The highest BCUT2D eigenvalue weighted by Gasteiger charge is 1.96. The molecule has 0 spiro atoms. The molecule has 102 valence electrons. The second kappa shape index (κ2) is 8.98. The van der Waals surface area contributed by atoms with Gasteiger partial charge in [-0.25, -0.2) is 0 Å². The second-order valence-corrected chi connectivity index (χ2v) is 4.26. The van der Waals surface area contributed by atoms with Crippen LogP contribution in [-0.2, 0) is 10.4 Å². The minimum Gasteiger partial charge on any atom is -0.493 e. The average Bonchev–Trinajstić information content (AvgIpc) is 2.26. The van der Waals surface area contributed by atoms with Gasteiger partial charge in [-0.2, -0.15) is 21.0 Å². The van der Waals surface area contributed by atoms with Crippen molar-refractivity contribution in [2.45, 2.75) is 6.92 Å². The van der Waals surface area contributed by atoms with E-state index >= 15 is 0 Å². The Hall–Kier alpha value is -1.02. The minimum absolute atomic E-state index is 0.700. The van der Waals surface area contributed by atoms with Gasteiger partial charge in [-0.1, -0.05) is 30.4 Å². The van der Waals surface area contributed by atoms with Crippen LogP contribution < -0.4 is 4.74 Å². The molecule has 0 unspecified atom stereocenters. The molecule has 0 saturated carbocycles. The molecule has 1 rings (SSSR count). The summed E-state index contributed by atoms with van der Waals surface area (Å²) in [6.07, 6.45) is 4.03. The van der Waals surface area contributed by atoms with E-state index in [1.54, 1.807) is 0 Å². The fraction of sp³-hybridized carbons (Fsp3) is 0.273. The molecule has 0 amide bonds. The van der Waals surface area contributed by atoms with E-state index < -0.39 is 10.4 Å². The van der Waals surface area contributed by atoms with Crippen molar-refractivity contribution >= 4 is 29.1 Å². The van der Waals surface area contributed by atoms with Gasteiger partial charge in [-0.15, -0.1) is 0 Å². The van der Waals surface area contributed by atoms with Crippen molar-refractivity contribution < 1.29 is 22.3 Å². The Morgan fingerprint density at radius 2 is 1.89 bits per heavy atom. The molecule has 0 heterocycles. The molecule has 1 aromatic rings. The van der Waals surface area contributed by atoms with Crippen LogP contribution in [0.15, 0.2) is 30.3 Å². The standard InChI is InChI=1S/C11H14OS.H2O4S/c1-2-12-11-8-4-3-6-10(11)7-5-9-13;1-5(2,3)4/h3-8,13H,2,9H2,1H3;(H2,1,2,3,4). The van der Waals surface area contributed by atoms with Crippen LogP contribution in [0, 0.1) is 0 Å². The predicted molar refractivity (Wildman–Crippen MR) is 74.7 cm³/mol. The van der Waals surface area contributed by atoms with Crippen molar-refractivity contribution in [3.63, 3.8) is 0 Å². The molecule has 5 nitrogen and oxygen atoms in total. The van der Waals surface area contributed by atoms with E-state index in [0.717, 1.165) is 17.1 Å². The average molecular weight is 292 g/mol. The van der Waals surface area contributed by atoms with Gasteiger partial charge in [0, 0.05) is 11.3 Å². The molecule has 0 saturated heterocycles. The monoisotopic (exact) mass is 292 g/mol. The molecule has 7 heteroatoms. The van der Waals surface area contributed by atoms with Crippen molar-refractivity contribution in [1.29, 1.82) is 0 Å². The smallest absolute Gasteiger partial charge is 0.394 e. The third-order valence-electron chi connectivity index (χ3n) is 1.62. The SMILES string of the molecule is CCOc1ccccc1C=CCS.O=S(=O)(O)O. The third kappa shape index (κ3) is 10.2. The lowest BCUT2D eigenvalue weighted by atomic mass is 10.2. The maximum atomic E-state index is 8.74. The van der Waals surface area contributed by atoms with E-state index in [1.165, 1.54) is 0 Å². The molecule has 0 aliphatic carbocycles. The predicted octanol–water partition coefficient (Wildman–Crippen LogP) is 2.38. The molecule has 0 bridgehead atoms. The quantitative estimate of drug-likeness (QED) is 0.586. The maximum absolute atomic E-state index is 8.74. The zero-order valence-corrected chi connectivity index (χ0v) is 11.6. The molecule has 0 fully saturated rings. The second-order valence-electron chi connectivity index (χ2n) is 3.00. The topological polar surface area (TPSA) is 83.8 Å². The van der Waals surface area contributed by atoms with Gasteiger partial charge in [0.1, 0.15) is 5.75 Å². The van der Waals surface area contributed by atoms with Crippen LogP contribution in [0.5, 0.6) is 5.75 Å². The van der Waals surface area contributed by atoms with Crippen LogP contribution in [0.3, 0.4) is 0 Å². The first-order chi connectivity index (χ1) is 8.38. The lowest BCUT2D eigenvalue weighted by Gasteiger charge is -2.05. The number of thiol groups is 1. The van der Waals surface area contributed by atoms with Crippen LogP contribution in [0.25, 0.3) is 6.08 Å². The van der Waals surface area contributed by atoms with Crippen molar-refractivity contribution in [1.82, 2.24) is 0 Å². The first-order valence-electron chi connectivity index (χ1n) is 5.07. The molecule has 0 atom stereocenters. The summed E-state index contributed by atoms with van der Waals surface area (Å²) in [4.78, 5) is 0. The maximum Gasteiger partial charge on any atom is 0.394 e. The van der Waals surface area contributed by atoms with Gasteiger partial charge < -0.3 is 4.74 Å². The third-order valence-corrected chi connectivity index (χ3v) is 1.83. The molecule has 0 aliphatic heterocycles. The Labute approximate surface area is 112 Å². The Morgan fingerprint density at radius 1 is 1.33 bits per heavy atom. The summed E-state index contributed by atoms with van der Waals surface area (Å²) in [6.45, 7) is 2.69.